The molecule has 1 N–H and O–H groups in total. The molecule has 5 nitrogen and oxygen atoms in total. The van der Waals surface area contributed by atoms with E-state index in [0.29, 0.717) is 29.3 Å². The van der Waals surface area contributed by atoms with E-state index >= 15 is 0 Å². The summed E-state index contributed by atoms with van der Waals surface area (Å²) in [6, 6.07) is 16.8. The number of oxazole rings is 1. The number of aryl methyl sites for hydroxylation is 2. The number of carbonyl (C=O) groups is 1. The van der Waals surface area contributed by atoms with Gasteiger partial charge in [-0.3, -0.25) is 4.79 Å². The second-order valence-electron chi connectivity index (χ2n) is 5.73. The van der Waals surface area contributed by atoms with Gasteiger partial charge in [0.1, 0.15) is 0 Å². The van der Waals surface area contributed by atoms with E-state index in [4.69, 9.17) is 9.68 Å². The van der Waals surface area contributed by atoms with E-state index in [0.717, 1.165) is 5.56 Å². The molecule has 25 heavy (non-hydrogen) atoms. The lowest BCUT2D eigenvalue weighted by Gasteiger charge is -2.04. The van der Waals surface area contributed by atoms with Crippen LogP contribution >= 0.6 is 0 Å². The van der Waals surface area contributed by atoms with Crippen molar-refractivity contribution in [1.82, 2.24) is 4.98 Å². The van der Waals surface area contributed by atoms with Gasteiger partial charge in [-0.15, -0.1) is 0 Å². The third kappa shape index (κ3) is 4.33. The molecule has 0 saturated carbocycles. The molecule has 0 bridgehead atoms. The molecule has 0 atom stereocenters. The van der Waals surface area contributed by atoms with E-state index in [2.05, 4.69) is 10.3 Å². The molecule has 0 radical (unpaired) electrons. The summed E-state index contributed by atoms with van der Waals surface area (Å²) in [5, 5.41) is 11.6. The van der Waals surface area contributed by atoms with Crippen LogP contribution in [0.15, 0.2) is 59.1 Å². The van der Waals surface area contributed by atoms with Crippen molar-refractivity contribution >= 4 is 11.6 Å². The van der Waals surface area contributed by atoms with Crippen LogP contribution in [-0.4, -0.2) is 10.9 Å². The van der Waals surface area contributed by atoms with Gasteiger partial charge in [-0.05, 0) is 25.1 Å². The fourth-order valence-electron chi connectivity index (χ4n) is 2.39. The van der Waals surface area contributed by atoms with E-state index in [-0.39, 0.29) is 12.3 Å². The van der Waals surface area contributed by atoms with Crippen LogP contribution in [0.3, 0.4) is 0 Å². The van der Waals surface area contributed by atoms with Crippen molar-refractivity contribution < 1.29 is 9.21 Å². The highest BCUT2D eigenvalue weighted by Gasteiger charge is 2.09. The minimum atomic E-state index is -0.148. The SMILES string of the molecule is Cc1ccc(-c2cnc(CCC(=O)Nc3cccc(C#N)c3)o2)cc1. The molecule has 3 rings (SSSR count). The van der Waals surface area contributed by atoms with Crippen LogP contribution in [0, 0.1) is 18.3 Å². The summed E-state index contributed by atoms with van der Waals surface area (Å²) in [5.74, 6) is 1.07. The summed E-state index contributed by atoms with van der Waals surface area (Å²) in [6.45, 7) is 2.03. The van der Waals surface area contributed by atoms with Gasteiger partial charge in [0.2, 0.25) is 5.91 Å². The fourth-order valence-corrected chi connectivity index (χ4v) is 2.39. The van der Waals surface area contributed by atoms with Crippen molar-refractivity contribution in [3.8, 4) is 17.4 Å². The van der Waals surface area contributed by atoms with Gasteiger partial charge in [-0.2, -0.15) is 5.26 Å². The number of nitriles is 1. The lowest BCUT2D eigenvalue weighted by molar-refractivity contribution is -0.116. The molecular weight excluding hydrogens is 314 g/mol. The number of aromatic nitrogens is 1. The minimum absolute atomic E-state index is 0.148. The van der Waals surface area contributed by atoms with Crippen molar-refractivity contribution in [3.63, 3.8) is 0 Å². The maximum absolute atomic E-state index is 12.0. The molecule has 124 valence electrons. The normalized spacial score (nSPS) is 10.2. The van der Waals surface area contributed by atoms with E-state index in [1.165, 1.54) is 5.56 Å². The number of rotatable bonds is 5. The van der Waals surface area contributed by atoms with Crippen molar-refractivity contribution in [2.75, 3.05) is 5.32 Å². The monoisotopic (exact) mass is 331 g/mol. The molecule has 1 aromatic heterocycles. The van der Waals surface area contributed by atoms with E-state index < -0.39 is 0 Å². The number of anilines is 1. The predicted octanol–water partition coefficient (Wildman–Crippen LogP) is 4.09. The van der Waals surface area contributed by atoms with Crippen LogP contribution < -0.4 is 5.32 Å². The number of hydrogen-bond acceptors (Lipinski definition) is 4. The Bertz CT molecular complexity index is 921. The van der Waals surface area contributed by atoms with Gasteiger partial charge in [-0.25, -0.2) is 4.98 Å². The van der Waals surface area contributed by atoms with Gasteiger partial charge in [0.05, 0.1) is 17.8 Å². The number of hydrogen-bond donors (Lipinski definition) is 1. The Kier molecular flexibility index (Phi) is 4.91. The number of amides is 1. The third-order valence-electron chi connectivity index (χ3n) is 3.73. The average Bonchev–Trinajstić information content (AvgIpc) is 3.10. The van der Waals surface area contributed by atoms with E-state index in [1.807, 2.05) is 37.3 Å². The van der Waals surface area contributed by atoms with Gasteiger partial charge in [0.25, 0.3) is 0 Å². The first-order valence-electron chi connectivity index (χ1n) is 7.96. The van der Waals surface area contributed by atoms with Crippen LogP contribution in [0.2, 0.25) is 0 Å². The van der Waals surface area contributed by atoms with Gasteiger partial charge >= 0.3 is 0 Å². The Hall–Kier alpha value is -3.39. The fraction of sp³-hybridized carbons (Fsp3) is 0.150. The quantitative estimate of drug-likeness (QED) is 0.763. The first-order valence-corrected chi connectivity index (χ1v) is 7.96. The first kappa shape index (κ1) is 16.5. The summed E-state index contributed by atoms with van der Waals surface area (Å²) in [7, 11) is 0. The van der Waals surface area contributed by atoms with Crippen LogP contribution in [0.5, 0.6) is 0 Å². The Morgan fingerprint density at radius 2 is 2.04 bits per heavy atom. The van der Waals surface area contributed by atoms with Gasteiger partial charge in [-0.1, -0.05) is 35.9 Å². The summed E-state index contributed by atoms with van der Waals surface area (Å²) in [4.78, 5) is 16.3. The number of nitrogens with zero attached hydrogens (tertiary/aromatic N) is 2. The molecule has 0 spiro atoms. The molecule has 2 aromatic carbocycles. The van der Waals surface area contributed by atoms with Crippen molar-refractivity contribution in [1.29, 1.82) is 5.26 Å². The molecular formula is C20H17N3O2. The number of benzene rings is 2. The maximum Gasteiger partial charge on any atom is 0.224 e. The molecule has 0 aliphatic rings. The molecule has 5 heteroatoms. The molecule has 0 unspecified atom stereocenters. The average molecular weight is 331 g/mol. The highest BCUT2D eigenvalue weighted by atomic mass is 16.4. The van der Waals surface area contributed by atoms with Gasteiger partial charge < -0.3 is 9.73 Å². The molecule has 0 aliphatic carbocycles. The minimum Gasteiger partial charge on any atom is -0.441 e. The second-order valence-corrected chi connectivity index (χ2v) is 5.73. The Morgan fingerprint density at radius 1 is 1.24 bits per heavy atom. The van der Waals surface area contributed by atoms with Crippen molar-refractivity contribution in [2.45, 2.75) is 19.8 Å². The van der Waals surface area contributed by atoms with Gasteiger partial charge in [0.15, 0.2) is 11.7 Å². The standard InChI is InChI=1S/C20H17N3O2/c1-14-5-7-16(8-6-14)18-13-22-20(25-18)10-9-19(24)23-17-4-2-3-15(11-17)12-21/h2-8,11,13H,9-10H2,1H3,(H,23,24). The Labute approximate surface area is 145 Å². The number of nitrogens with one attached hydrogen (secondary N) is 1. The highest BCUT2D eigenvalue weighted by molar-refractivity contribution is 5.90. The lowest BCUT2D eigenvalue weighted by Crippen LogP contribution is -2.12. The molecule has 1 amide bonds. The van der Waals surface area contributed by atoms with Crippen LogP contribution in [0.4, 0.5) is 5.69 Å². The molecule has 0 aliphatic heterocycles. The van der Waals surface area contributed by atoms with Crippen molar-refractivity contribution in [2.24, 2.45) is 0 Å². The lowest BCUT2D eigenvalue weighted by atomic mass is 10.1. The highest BCUT2D eigenvalue weighted by Crippen LogP contribution is 2.21. The summed E-state index contributed by atoms with van der Waals surface area (Å²) in [6.07, 6.45) is 2.34. The smallest absolute Gasteiger partial charge is 0.224 e. The van der Waals surface area contributed by atoms with Crippen LogP contribution in [0.1, 0.15) is 23.4 Å². The molecule has 3 aromatic rings. The predicted molar refractivity (Wildman–Crippen MR) is 94.8 cm³/mol. The number of carbonyl (C=O) groups excluding carboxylic acids is 1. The van der Waals surface area contributed by atoms with E-state index in [1.54, 1.807) is 30.5 Å². The topological polar surface area (TPSA) is 78.9 Å². The zero-order valence-electron chi connectivity index (χ0n) is 13.8. The van der Waals surface area contributed by atoms with Crippen LogP contribution in [-0.2, 0) is 11.2 Å². The first-order chi connectivity index (χ1) is 12.1. The summed E-state index contributed by atoms with van der Waals surface area (Å²) < 4.78 is 5.71. The van der Waals surface area contributed by atoms with Gasteiger partial charge in [0, 0.05) is 24.1 Å². The zero-order valence-corrected chi connectivity index (χ0v) is 13.8. The second kappa shape index (κ2) is 7.45. The molecule has 1 heterocycles. The Morgan fingerprint density at radius 3 is 2.80 bits per heavy atom. The van der Waals surface area contributed by atoms with Crippen LogP contribution in [0.25, 0.3) is 11.3 Å². The largest absolute Gasteiger partial charge is 0.441 e. The summed E-state index contributed by atoms with van der Waals surface area (Å²) >= 11 is 0. The molecule has 0 fully saturated rings. The Balaban J connectivity index is 1.57. The zero-order chi connectivity index (χ0) is 17.6. The maximum atomic E-state index is 12.0. The molecule has 0 saturated heterocycles. The summed E-state index contributed by atoms with van der Waals surface area (Å²) in [5.41, 5.74) is 3.26. The third-order valence-corrected chi connectivity index (χ3v) is 3.73. The van der Waals surface area contributed by atoms with Crippen molar-refractivity contribution in [3.05, 3.63) is 71.7 Å². The van der Waals surface area contributed by atoms with E-state index in [9.17, 15) is 4.79 Å².